The predicted octanol–water partition coefficient (Wildman–Crippen LogP) is 2.35. The van der Waals surface area contributed by atoms with Crippen LogP contribution in [0, 0.1) is 0 Å². The molecule has 1 fully saturated rings. The number of carbonyl (C=O) groups excluding carboxylic acids is 1. The van der Waals surface area contributed by atoms with Gasteiger partial charge in [0.15, 0.2) is 0 Å². The van der Waals surface area contributed by atoms with Crippen LogP contribution in [0.15, 0.2) is 55.2 Å². The molecule has 1 aromatic carbocycles. The number of carbonyl (C=O) groups is 1. The largest absolute Gasteiger partial charge is 0.497 e. The Hall–Kier alpha value is -3.22. The number of benzene rings is 1. The maximum absolute atomic E-state index is 12.4. The van der Waals surface area contributed by atoms with E-state index >= 15 is 0 Å². The molecule has 0 bridgehead atoms. The van der Waals surface area contributed by atoms with Gasteiger partial charge in [-0.3, -0.25) is 9.36 Å². The first kappa shape index (κ1) is 16.3. The van der Waals surface area contributed by atoms with Gasteiger partial charge in [0, 0.05) is 24.6 Å². The molecule has 0 unspecified atom stereocenters. The van der Waals surface area contributed by atoms with Crippen molar-refractivity contribution in [3.05, 3.63) is 66.6 Å². The SMILES string of the molecule is COc1ccc(C2CC(NC(=O)c3nccc(-n4ccnc4)n3)C2)cc1. The van der Waals surface area contributed by atoms with Crippen molar-refractivity contribution in [3.8, 4) is 11.6 Å². The molecule has 26 heavy (non-hydrogen) atoms. The third kappa shape index (κ3) is 3.28. The molecule has 132 valence electrons. The average molecular weight is 349 g/mol. The summed E-state index contributed by atoms with van der Waals surface area (Å²) in [6.45, 7) is 0. The zero-order valence-electron chi connectivity index (χ0n) is 14.4. The fourth-order valence-corrected chi connectivity index (χ4v) is 3.13. The summed E-state index contributed by atoms with van der Waals surface area (Å²) in [7, 11) is 1.66. The predicted molar refractivity (Wildman–Crippen MR) is 95.4 cm³/mol. The molecule has 1 amide bonds. The molecule has 3 aromatic rings. The summed E-state index contributed by atoms with van der Waals surface area (Å²) in [5.41, 5.74) is 1.27. The highest BCUT2D eigenvalue weighted by Gasteiger charge is 2.32. The summed E-state index contributed by atoms with van der Waals surface area (Å²) in [4.78, 5) is 24.8. The second kappa shape index (κ2) is 6.95. The number of hydrogen-bond donors (Lipinski definition) is 1. The highest BCUT2D eigenvalue weighted by Crippen LogP contribution is 2.37. The topological polar surface area (TPSA) is 81.9 Å². The molecule has 0 spiro atoms. The van der Waals surface area contributed by atoms with Crippen molar-refractivity contribution in [3.63, 3.8) is 0 Å². The Morgan fingerprint density at radius 1 is 1.19 bits per heavy atom. The van der Waals surface area contributed by atoms with Gasteiger partial charge in [-0.15, -0.1) is 0 Å². The number of ether oxygens (including phenoxy) is 1. The Morgan fingerprint density at radius 2 is 2.00 bits per heavy atom. The molecular formula is C19H19N5O2. The molecule has 0 atom stereocenters. The lowest BCUT2D eigenvalue weighted by Crippen LogP contribution is -2.43. The zero-order chi connectivity index (χ0) is 17.9. The Kier molecular flexibility index (Phi) is 4.35. The van der Waals surface area contributed by atoms with Crippen LogP contribution in [0.1, 0.15) is 34.9 Å². The fourth-order valence-electron chi connectivity index (χ4n) is 3.13. The molecular weight excluding hydrogens is 330 g/mol. The molecule has 4 rings (SSSR count). The molecule has 0 aliphatic heterocycles. The van der Waals surface area contributed by atoms with Gasteiger partial charge < -0.3 is 10.1 Å². The highest BCUT2D eigenvalue weighted by molar-refractivity contribution is 5.90. The lowest BCUT2D eigenvalue weighted by atomic mass is 9.76. The maximum Gasteiger partial charge on any atom is 0.289 e. The number of amides is 1. The second-order valence-corrected chi connectivity index (χ2v) is 6.32. The minimum atomic E-state index is -0.245. The van der Waals surface area contributed by atoms with E-state index in [1.807, 2.05) is 12.1 Å². The maximum atomic E-state index is 12.4. The van der Waals surface area contributed by atoms with E-state index in [9.17, 15) is 4.79 Å². The van der Waals surface area contributed by atoms with Crippen molar-refractivity contribution in [2.75, 3.05) is 7.11 Å². The van der Waals surface area contributed by atoms with Crippen LogP contribution in [0.2, 0.25) is 0 Å². The molecule has 1 aliphatic carbocycles. The first-order chi connectivity index (χ1) is 12.7. The third-order valence-electron chi connectivity index (χ3n) is 4.67. The molecule has 0 radical (unpaired) electrons. The molecule has 1 aliphatic rings. The van der Waals surface area contributed by atoms with E-state index in [1.54, 1.807) is 42.7 Å². The Morgan fingerprint density at radius 3 is 2.69 bits per heavy atom. The van der Waals surface area contributed by atoms with Gasteiger partial charge >= 0.3 is 0 Å². The zero-order valence-corrected chi connectivity index (χ0v) is 14.4. The normalized spacial score (nSPS) is 18.8. The first-order valence-electron chi connectivity index (χ1n) is 8.49. The van der Waals surface area contributed by atoms with Crippen LogP contribution in [-0.4, -0.2) is 38.6 Å². The Labute approximate surface area is 151 Å². The highest BCUT2D eigenvalue weighted by atomic mass is 16.5. The van der Waals surface area contributed by atoms with Crippen molar-refractivity contribution >= 4 is 5.91 Å². The molecule has 2 heterocycles. The van der Waals surface area contributed by atoms with E-state index in [0.29, 0.717) is 11.7 Å². The second-order valence-electron chi connectivity index (χ2n) is 6.32. The van der Waals surface area contributed by atoms with Crippen molar-refractivity contribution in [2.24, 2.45) is 0 Å². The standard InChI is InChI=1S/C19H19N5O2/c1-26-16-4-2-13(3-5-16)14-10-15(11-14)22-19(25)18-21-7-6-17(23-18)24-9-8-20-12-24/h2-9,12,14-15H,10-11H2,1H3,(H,22,25). The van der Waals surface area contributed by atoms with Crippen LogP contribution >= 0.6 is 0 Å². The lowest BCUT2D eigenvalue weighted by molar-refractivity contribution is 0.0898. The summed E-state index contributed by atoms with van der Waals surface area (Å²) in [5.74, 6) is 1.86. The van der Waals surface area contributed by atoms with Crippen LogP contribution in [0.4, 0.5) is 0 Å². The molecule has 1 saturated carbocycles. The van der Waals surface area contributed by atoms with E-state index in [2.05, 4.69) is 32.4 Å². The van der Waals surface area contributed by atoms with Crippen LogP contribution in [0.3, 0.4) is 0 Å². The minimum absolute atomic E-state index is 0.148. The Bertz CT molecular complexity index is 887. The number of aromatic nitrogens is 4. The van der Waals surface area contributed by atoms with Crippen LogP contribution in [0.25, 0.3) is 5.82 Å². The number of rotatable bonds is 5. The summed E-state index contributed by atoms with van der Waals surface area (Å²) in [6.07, 6.45) is 8.48. The van der Waals surface area contributed by atoms with Gasteiger partial charge in [0.1, 0.15) is 17.9 Å². The van der Waals surface area contributed by atoms with Gasteiger partial charge in [-0.05, 0) is 42.5 Å². The minimum Gasteiger partial charge on any atom is -0.497 e. The van der Waals surface area contributed by atoms with Gasteiger partial charge in [-0.25, -0.2) is 15.0 Å². The first-order valence-corrected chi connectivity index (χ1v) is 8.49. The van der Waals surface area contributed by atoms with Crippen LogP contribution in [-0.2, 0) is 0 Å². The van der Waals surface area contributed by atoms with E-state index in [4.69, 9.17) is 4.74 Å². The molecule has 1 N–H and O–H groups in total. The van der Waals surface area contributed by atoms with Crippen LogP contribution in [0.5, 0.6) is 5.75 Å². The third-order valence-corrected chi connectivity index (χ3v) is 4.67. The monoisotopic (exact) mass is 349 g/mol. The van der Waals surface area contributed by atoms with Gasteiger partial charge in [0.25, 0.3) is 5.91 Å². The van der Waals surface area contributed by atoms with E-state index in [-0.39, 0.29) is 17.8 Å². The summed E-state index contributed by atoms with van der Waals surface area (Å²) in [6, 6.07) is 9.99. The van der Waals surface area contributed by atoms with E-state index < -0.39 is 0 Å². The quantitative estimate of drug-likeness (QED) is 0.765. The number of nitrogens with one attached hydrogen (secondary N) is 1. The van der Waals surface area contributed by atoms with Gasteiger partial charge in [0.05, 0.1) is 7.11 Å². The molecule has 7 heteroatoms. The van der Waals surface area contributed by atoms with Gasteiger partial charge in [-0.2, -0.15) is 0 Å². The summed E-state index contributed by atoms with van der Waals surface area (Å²) < 4.78 is 6.92. The van der Waals surface area contributed by atoms with Crippen molar-refractivity contribution in [2.45, 2.75) is 24.8 Å². The summed E-state index contributed by atoms with van der Waals surface area (Å²) in [5, 5.41) is 3.01. The Balaban J connectivity index is 1.35. The van der Waals surface area contributed by atoms with Gasteiger partial charge in [-0.1, -0.05) is 12.1 Å². The molecule has 7 nitrogen and oxygen atoms in total. The van der Waals surface area contributed by atoms with Crippen LogP contribution < -0.4 is 10.1 Å². The molecule has 2 aromatic heterocycles. The fraction of sp³-hybridized carbons (Fsp3) is 0.263. The van der Waals surface area contributed by atoms with Crippen molar-refractivity contribution < 1.29 is 9.53 Å². The van der Waals surface area contributed by atoms with Crippen molar-refractivity contribution in [1.29, 1.82) is 0 Å². The van der Waals surface area contributed by atoms with Gasteiger partial charge in [0.2, 0.25) is 5.82 Å². The van der Waals surface area contributed by atoms with E-state index in [1.165, 1.54) is 5.56 Å². The number of methoxy groups -OCH3 is 1. The molecule has 0 saturated heterocycles. The lowest BCUT2D eigenvalue weighted by Gasteiger charge is -2.36. The number of hydrogen-bond acceptors (Lipinski definition) is 5. The van der Waals surface area contributed by atoms with Crippen molar-refractivity contribution in [1.82, 2.24) is 24.8 Å². The van der Waals surface area contributed by atoms with E-state index in [0.717, 1.165) is 18.6 Å². The summed E-state index contributed by atoms with van der Waals surface area (Å²) >= 11 is 0. The smallest absolute Gasteiger partial charge is 0.289 e. The number of nitrogens with zero attached hydrogens (tertiary/aromatic N) is 4. The number of imidazole rings is 1. The average Bonchev–Trinajstić information content (AvgIpc) is 3.19.